The van der Waals surface area contributed by atoms with Gasteiger partial charge in [-0.3, -0.25) is 0 Å². The van der Waals surface area contributed by atoms with E-state index in [0.717, 1.165) is 0 Å². The van der Waals surface area contributed by atoms with Crippen LogP contribution in [0.3, 0.4) is 0 Å². The molecule has 0 amide bonds. The largest absolute Gasteiger partial charge is 0.0885 e. The van der Waals surface area contributed by atoms with Crippen molar-refractivity contribution in [1.29, 1.82) is 0 Å². The van der Waals surface area contributed by atoms with Crippen molar-refractivity contribution in [2.24, 2.45) is 0 Å². The summed E-state index contributed by atoms with van der Waals surface area (Å²) >= 11 is 0. The van der Waals surface area contributed by atoms with Crippen molar-refractivity contribution in [3.05, 3.63) is 24.3 Å². The minimum Gasteiger partial charge on any atom is -0.0885 e. The number of rotatable bonds is 0. The van der Waals surface area contributed by atoms with Crippen LogP contribution < -0.4 is 0 Å². The van der Waals surface area contributed by atoms with Gasteiger partial charge in [-0.2, -0.15) is 0 Å². The van der Waals surface area contributed by atoms with Gasteiger partial charge in [0.2, 0.25) is 0 Å². The van der Waals surface area contributed by atoms with E-state index in [1.165, 1.54) is 77.0 Å². The van der Waals surface area contributed by atoms with Gasteiger partial charge >= 0.3 is 0 Å². The smallest absolute Gasteiger partial charge is 0.0351 e. The number of hydrogen-bond donors (Lipinski definition) is 0. The zero-order valence-corrected chi connectivity index (χ0v) is 10.8. The van der Waals surface area contributed by atoms with Crippen LogP contribution in [-0.2, 0) is 0 Å². The Labute approximate surface area is 102 Å². The molecule has 1 rings (SSSR count). The lowest BCUT2D eigenvalue weighted by atomic mass is 10.1. The van der Waals surface area contributed by atoms with E-state index in [4.69, 9.17) is 0 Å². The van der Waals surface area contributed by atoms with E-state index in [0.29, 0.717) is 0 Å². The van der Waals surface area contributed by atoms with E-state index in [9.17, 15) is 0 Å². The third kappa shape index (κ3) is 8.76. The molecule has 0 saturated carbocycles. The zero-order valence-electron chi connectivity index (χ0n) is 10.8. The molecule has 0 aromatic carbocycles. The van der Waals surface area contributed by atoms with Crippen molar-refractivity contribution in [2.45, 2.75) is 77.0 Å². The average molecular weight is 220 g/mol. The van der Waals surface area contributed by atoms with Crippen molar-refractivity contribution in [3.63, 3.8) is 0 Å². The molecule has 1 aliphatic rings. The lowest BCUT2D eigenvalue weighted by Gasteiger charge is -2.00. The topological polar surface area (TPSA) is 0 Å². The third-order valence-corrected chi connectivity index (χ3v) is 3.32. The van der Waals surface area contributed by atoms with Crippen molar-refractivity contribution in [1.82, 2.24) is 0 Å². The molecule has 1 aliphatic carbocycles. The first kappa shape index (κ1) is 13.5. The van der Waals surface area contributed by atoms with Crippen LogP contribution in [0.25, 0.3) is 0 Å². The first-order chi connectivity index (χ1) is 8.00. The molecule has 0 nitrogen and oxygen atoms in total. The predicted molar refractivity (Wildman–Crippen MR) is 73.7 cm³/mol. The van der Waals surface area contributed by atoms with E-state index in [1.54, 1.807) is 0 Å². The van der Waals surface area contributed by atoms with Crippen molar-refractivity contribution < 1.29 is 0 Å². The van der Waals surface area contributed by atoms with Crippen LogP contribution >= 0.6 is 0 Å². The fourth-order valence-electron chi connectivity index (χ4n) is 2.23. The molecule has 0 bridgehead atoms. The summed E-state index contributed by atoms with van der Waals surface area (Å²) in [7, 11) is 0. The first-order valence-corrected chi connectivity index (χ1v) is 7.30. The van der Waals surface area contributed by atoms with Gasteiger partial charge in [0.25, 0.3) is 0 Å². The Morgan fingerprint density at radius 2 is 0.562 bits per heavy atom. The molecule has 0 spiro atoms. The van der Waals surface area contributed by atoms with Gasteiger partial charge < -0.3 is 0 Å². The highest BCUT2D eigenvalue weighted by Gasteiger charge is 1.90. The maximum absolute atomic E-state index is 2.39. The summed E-state index contributed by atoms with van der Waals surface area (Å²) in [5.74, 6) is 0. The quantitative estimate of drug-likeness (QED) is 0.453. The maximum atomic E-state index is 2.39. The van der Waals surface area contributed by atoms with Gasteiger partial charge in [0.1, 0.15) is 0 Å². The van der Waals surface area contributed by atoms with Gasteiger partial charge in [-0.1, -0.05) is 50.0 Å². The van der Waals surface area contributed by atoms with E-state index in [1.807, 2.05) is 0 Å². The van der Waals surface area contributed by atoms with Crippen molar-refractivity contribution in [3.8, 4) is 0 Å². The van der Waals surface area contributed by atoms with E-state index in [2.05, 4.69) is 24.3 Å². The Morgan fingerprint density at radius 3 is 0.938 bits per heavy atom. The van der Waals surface area contributed by atoms with Crippen LogP contribution in [0.5, 0.6) is 0 Å². The van der Waals surface area contributed by atoms with Gasteiger partial charge in [0, 0.05) is 0 Å². The summed E-state index contributed by atoms with van der Waals surface area (Å²) < 4.78 is 0. The lowest BCUT2D eigenvalue weighted by molar-refractivity contribution is 0.619. The molecule has 0 fully saturated rings. The van der Waals surface area contributed by atoms with E-state index in [-0.39, 0.29) is 0 Å². The molecule has 0 saturated heterocycles. The van der Waals surface area contributed by atoms with E-state index < -0.39 is 0 Å². The standard InChI is InChI=1S/C16H28/c1-2-4-6-8-10-12-14-16-15-13-11-9-7-5-3-1/h1-2,13,15H,3-12,14,16H2/b2-1+,15-13?. The second kappa shape index (κ2) is 11.0. The van der Waals surface area contributed by atoms with Crippen LogP contribution in [0.2, 0.25) is 0 Å². The molecule has 0 radical (unpaired) electrons. The molecule has 0 N–H and O–H groups in total. The summed E-state index contributed by atoms with van der Waals surface area (Å²) in [6.45, 7) is 0. The second-order valence-electron chi connectivity index (χ2n) is 4.93. The fourth-order valence-corrected chi connectivity index (χ4v) is 2.23. The highest BCUT2D eigenvalue weighted by Crippen LogP contribution is 2.10. The minimum atomic E-state index is 1.30. The summed E-state index contributed by atoms with van der Waals surface area (Å²) in [4.78, 5) is 0. The van der Waals surface area contributed by atoms with Gasteiger partial charge in [-0.05, 0) is 51.4 Å². The first-order valence-electron chi connectivity index (χ1n) is 7.30. The highest BCUT2D eigenvalue weighted by molar-refractivity contribution is 4.83. The highest BCUT2D eigenvalue weighted by atomic mass is 14.0. The van der Waals surface area contributed by atoms with E-state index >= 15 is 0 Å². The summed E-state index contributed by atoms with van der Waals surface area (Å²) in [5.41, 5.74) is 0. The molecular formula is C16H28. The third-order valence-electron chi connectivity index (χ3n) is 3.32. The molecule has 92 valence electrons. The molecule has 0 unspecified atom stereocenters. The van der Waals surface area contributed by atoms with Crippen LogP contribution in [0.4, 0.5) is 0 Å². The monoisotopic (exact) mass is 220 g/mol. The zero-order chi connectivity index (χ0) is 11.3. The van der Waals surface area contributed by atoms with Gasteiger partial charge in [-0.15, -0.1) is 0 Å². The Bertz CT molecular complexity index is 168. The van der Waals surface area contributed by atoms with Crippen LogP contribution in [-0.4, -0.2) is 0 Å². The molecule has 0 heteroatoms. The second-order valence-corrected chi connectivity index (χ2v) is 4.93. The van der Waals surface area contributed by atoms with Crippen molar-refractivity contribution >= 4 is 0 Å². The molecule has 0 aliphatic heterocycles. The summed E-state index contributed by atoms with van der Waals surface area (Å²) in [6.07, 6.45) is 26.0. The Balaban J connectivity index is 2.14. The van der Waals surface area contributed by atoms with Gasteiger partial charge in [0.05, 0.1) is 0 Å². The molecule has 0 aromatic heterocycles. The lowest BCUT2D eigenvalue weighted by Crippen LogP contribution is -1.80. The maximum Gasteiger partial charge on any atom is -0.0351 e. The molecule has 0 heterocycles. The van der Waals surface area contributed by atoms with Gasteiger partial charge in [0.15, 0.2) is 0 Å². The average Bonchev–Trinajstić information content (AvgIpc) is 2.29. The van der Waals surface area contributed by atoms with Crippen LogP contribution in [0.15, 0.2) is 24.3 Å². The minimum absolute atomic E-state index is 1.30. The molecule has 16 heavy (non-hydrogen) atoms. The number of allylic oxidation sites excluding steroid dienone is 4. The molecule has 0 aromatic rings. The van der Waals surface area contributed by atoms with Crippen LogP contribution in [0, 0.1) is 0 Å². The summed E-state index contributed by atoms with van der Waals surface area (Å²) in [6, 6.07) is 0. The summed E-state index contributed by atoms with van der Waals surface area (Å²) in [5, 5.41) is 0. The fraction of sp³-hybridized carbons (Fsp3) is 0.750. The molecule has 0 atom stereocenters. The Hall–Kier alpha value is -0.520. The predicted octanol–water partition coefficient (Wildman–Crippen LogP) is 5.79. The van der Waals surface area contributed by atoms with Gasteiger partial charge in [-0.25, -0.2) is 0 Å². The molecular weight excluding hydrogens is 192 g/mol. The Morgan fingerprint density at radius 1 is 0.312 bits per heavy atom. The SMILES string of the molecule is C1=CCCCCCCC/C=C/CCCCC1. The Kier molecular flexibility index (Phi) is 9.30. The van der Waals surface area contributed by atoms with Crippen molar-refractivity contribution in [2.75, 3.05) is 0 Å². The van der Waals surface area contributed by atoms with Crippen LogP contribution in [0.1, 0.15) is 77.0 Å². The normalized spacial score (nSPS) is 24.0. The number of hydrogen-bond acceptors (Lipinski definition) is 0.